The Balaban J connectivity index is 2.06. The van der Waals surface area contributed by atoms with Crippen LogP contribution in [0.5, 0.6) is 0 Å². The van der Waals surface area contributed by atoms with E-state index in [1.54, 1.807) is 12.1 Å². The van der Waals surface area contributed by atoms with Crippen molar-refractivity contribution in [2.24, 2.45) is 0 Å². The Morgan fingerprint density at radius 1 is 1.38 bits per heavy atom. The van der Waals surface area contributed by atoms with Gasteiger partial charge in [-0.2, -0.15) is 0 Å². The number of aromatic carboxylic acids is 1. The molecule has 0 atom stereocenters. The topological polar surface area (TPSA) is 92.2 Å². The lowest BCUT2D eigenvalue weighted by atomic mass is 10.1. The Bertz CT molecular complexity index is 667. The van der Waals surface area contributed by atoms with Gasteiger partial charge in [0.25, 0.3) is 5.91 Å². The summed E-state index contributed by atoms with van der Waals surface area (Å²) in [6, 6.07) is 6.47. The van der Waals surface area contributed by atoms with Crippen molar-refractivity contribution >= 4 is 23.4 Å². The number of hydrogen-bond acceptors (Lipinski definition) is 5. The second kappa shape index (κ2) is 6.45. The molecule has 2 rings (SSSR count). The molecule has 1 aromatic heterocycles. The van der Waals surface area contributed by atoms with Crippen molar-refractivity contribution in [1.29, 1.82) is 0 Å². The van der Waals surface area contributed by atoms with Crippen LogP contribution in [0.2, 0.25) is 0 Å². The summed E-state index contributed by atoms with van der Waals surface area (Å²) in [5, 5.41) is 15.7. The lowest BCUT2D eigenvalue weighted by molar-refractivity contribution is 0.0696. The Morgan fingerprint density at radius 3 is 2.81 bits per heavy atom. The van der Waals surface area contributed by atoms with Gasteiger partial charge >= 0.3 is 5.97 Å². The molecule has 21 heavy (non-hydrogen) atoms. The first-order chi connectivity index (χ1) is 9.99. The Labute approximate surface area is 126 Å². The quantitative estimate of drug-likeness (QED) is 0.884. The number of amides is 1. The Morgan fingerprint density at radius 2 is 2.14 bits per heavy atom. The smallest absolute Gasteiger partial charge is 0.335 e. The van der Waals surface area contributed by atoms with E-state index < -0.39 is 5.97 Å². The molecule has 0 aliphatic carbocycles. The minimum absolute atomic E-state index is 0.125. The van der Waals surface area contributed by atoms with E-state index in [2.05, 4.69) is 14.9 Å². The third kappa shape index (κ3) is 3.63. The number of hydrogen-bond donors (Lipinski definition) is 2. The zero-order valence-electron chi connectivity index (χ0n) is 11.7. The minimum atomic E-state index is -0.989. The van der Waals surface area contributed by atoms with E-state index in [-0.39, 0.29) is 23.9 Å². The molecule has 0 aliphatic heterocycles. The second-order valence-electron chi connectivity index (χ2n) is 4.83. The van der Waals surface area contributed by atoms with Crippen molar-refractivity contribution in [3.05, 3.63) is 46.0 Å². The van der Waals surface area contributed by atoms with Gasteiger partial charge in [-0.3, -0.25) is 4.79 Å². The number of nitrogens with zero attached hydrogens (tertiary/aromatic N) is 2. The van der Waals surface area contributed by atoms with E-state index in [9.17, 15) is 9.59 Å². The van der Waals surface area contributed by atoms with Gasteiger partial charge in [0.2, 0.25) is 0 Å². The van der Waals surface area contributed by atoms with Gasteiger partial charge in [-0.25, -0.2) is 4.79 Å². The van der Waals surface area contributed by atoms with Gasteiger partial charge in [0.15, 0.2) is 0 Å². The maximum atomic E-state index is 12.1. The minimum Gasteiger partial charge on any atom is -0.478 e. The van der Waals surface area contributed by atoms with E-state index in [4.69, 9.17) is 5.11 Å². The Kier molecular flexibility index (Phi) is 4.64. The highest BCUT2D eigenvalue weighted by Crippen LogP contribution is 2.19. The molecule has 6 nitrogen and oxygen atoms in total. The van der Waals surface area contributed by atoms with Crippen molar-refractivity contribution in [2.75, 3.05) is 0 Å². The van der Waals surface area contributed by atoms with Crippen LogP contribution < -0.4 is 5.32 Å². The lowest BCUT2D eigenvalue weighted by Crippen LogP contribution is -2.23. The fraction of sp³-hybridized carbons (Fsp3) is 0.286. The van der Waals surface area contributed by atoms with Gasteiger partial charge in [0.05, 0.1) is 11.3 Å². The molecule has 0 fully saturated rings. The number of aromatic nitrogens is 2. The van der Waals surface area contributed by atoms with Gasteiger partial charge in [-0.1, -0.05) is 30.5 Å². The molecule has 2 aromatic rings. The summed E-state index contributed by atoms with van der Waals surface area (Å²) in [6.45, 7) is 4.16. The number of carboxylic acid groups (broad SMARTS) is 1. The van der Waals surface area contributed by atoms with Gasteiger partial charge < -0.3 is 10.4 Å². The molecule has 2 N–H and O–H groups in total. The van der Waals surface area contributed by atoms with Crippen molar-refractivity contribution in [3.63, 3.8) is 0 Å². The largest absolute Gasteiger partial charge is 0.478 e. The molecule has 0 spiro atoms. The fourth-order valence-corrected chi connectivity index (χ4v) is 2.55. The summed E-state index contributed by atoms with van der Waals surface area (Å²) in [4.78, 5) is 23.5. The standard InChI is InChI=1S/C14H15N3O3S/c1-8(2)11-12(21-17-16-11)13(18)15-7-9-4-3-5-10(6-9)14(19)20/h3-6,8H,7H2,1-2H3,(H,15,18)(H,19,20). The summed E-state index contributed by atoms with van der Waals surface area (Å²) in [7, 11) is 0. The van der Waals surface area contributed by atoms with Crippen LogP contribution in [0.1, 0.15) is 51.1 Å². The van der Waals surface area contributed by atoms with Gasteiger partial charge in [-0.05, 0) is 35.1 Å². The summed E-state index contributed by atoms with van der Waals surface area (Å²) < 4.78 is 3.81. The van der Waals surface area contributed by atoms with Crippen LogP contribution in [0.4, 0.5) is 0 Å². The van der Waals surface area contributed by atoms with Crippen molar-refractivity contribution < 1.29 is 14.7 Å². The first-order valence-electron chi connectivity index (χ1n) is 6.41. The summed E-state index contributed by atoms with van der Waals surface area (Å²) >= 11 is 1.06. The van der Waals surface area contributed by atoms with Crippen LogP contribution in [0.3, 0.4) is 0 Å². The van der Waals surface area contributed by atoms with Gasteiger partial charge in [0, 0.05) is 6.54 Å². The molecule has 7 heteroatoms. The first kappa shape index (κ1) is 15.1. The third-order valence-corrected chi connectivity index (χ3v) is 3.63. The lowest BCUT2D eigenvalue weighted by Gasteiger charge is -2.07. The van der Waals surface area contributed by atoms with Crippen molar-refractivity contribution in [2.45, 2.75) is 26.3 Å². The average molecular weight is 305 g/mol. The molecular weight excluding hydrogens is 290 g/mol. The maximum absolute atomic E-state index is 12.1. The van der Waals surface area contributed by atoms with E-state index in [1.165, 1.54) is 12.1 Å². The van der Waals surface area contributed by atoms with Crippen LogP contribution in [0.25, 0.3) is 0 Å². The molecule has 0 aliphatic rings. The van der Waals surface area contributed by atoms with E-state index in [0.29, 0.717) is 10.6 Å². The number of rotatable bonds is 5. The zero-order chi connectivity index (χ0) is 15.4. The number of nitrogens with one attached hydrogen (secondary N) is 1. The maximum Gasteiger partial charge on any atom is 0.335 e. The predicted molar refractivity (Wildman–Crippen MR) is 78.6 cm³/mol. The highest BCUT2D eigenvalue weighted by Gasteiger charge is 2.18. The number of benzene rings is 1. The second-order valence-corrected chi connectivity index (χ2v) is 5.58. The molecule has 0 bridgehead atoms. The highest BCUT2D eigenvalue weighted by molar-refractivity contribution is 7.08. The SMILES string of the molecule is CC(C)c1nnsc1C(=O)NCc1cccc(C(=O)O)c1. The third-order valence-electron chi connectivity index (χ3n) is 2.89. The number of carbonyl (C=O) groups is 2. The molecule has 0 radical (unpaired) electrons. The molecule has 1 amide bonds. The summed E-state index contributed by atoms with van der Waals surface area (Å²) in [6.07, 6.45) is 0. The first-order valence-corrected chi connectivity index (χ1v) is 7.19. The molecule has 0 saturated heterocycles. The number of carbonyl (C=O) groups excluding carboxylic acids is 1. The monoisotopic (exact) mass is 305 g/mol. The van der Waals surface area contributed by atoms with Crippen LogP contribution in [-0.2, 0) is 6.54 Å². The normalized spacial score (nSPS) is 10.6. The van der Waals surface area contributed by atoms with E-state index in [1.807, 2.05) is 13.8 Å². The highest BCUT2D eigenvalue weighted by atomic mass is 32.1. The van der Waals surface area contributed by atoms with Crippen LogP contribution >= 0.6 is 11.5 Å². The van der Waals surface area contributed by atoms with Crippen molar-refractivity contribution in [1.82, 2.24) is 14.9 Å². The molecule has 0 saturated carbocycles. The van der Waals surface area contributed by atoms with Crippen LogP contribution in [0.15, 0.2) is 24.3 Å². The number of carboxylic acids is 1. The molecule has 1 heterocycles. The molecule has 110 valence electrons. The summed E-state index contributed by atoms with van der Waals surface area (Å²) in [5.74, 6) is -1.11. The van der Waals surface area contributed by atoms with Crippen LogP contribution in [0, 0.1) is 0 Å². The van der Waals surface area contributed by atoms with Gasteiger partial charge in [-0.15, -0.1) is 5.10 Å². The Hall–Kier alpha value is -2.28. The average Bonchev–Trinajstić information content (AvgIpc) is 2.94. The molecule has 1 aromatic carbocycles. The van der Waals surface area contributed by atoms with E-state index >= 15 is 0 Å². The summed E-state index contributed by atoms with van der Waals surface area (Å²) in [5.41, 5.74) is 1.60. The van der Waals surface area contributed by atoms with Crippen LogP contribution in [-0.4, -0.2) is 26.6 Å². The van der Waals surface area contributed by atoms with Gasteiger partial charge in [0.1, 0.15) is 4.88 Å². The van der Waals surface area contributed by atoms with E-state index in [0.717, 1.165) is 17.1 Å². The predicted octanol–water partition coefficient (Wildman–Crippen LogP) is 2.29. The molecular formula is C14H15N3O3S. The molecule has 0 unspecified atom stereocenters. The van der Waals surface area contributed by atoms with Crippen molar-refractivity contribution in [3.8, 4) is 0 Å². The fourth-order valence-electron chi connectivity index (χ4n) is 1.81. The zero-order valence-corrected chi connectivity index (χ0v) is 12.5.